The fourth-order valence-electron chi connectivity index (χ4n) is 1.39. The van der Waals surface area contributed by atoms with Gasteiger partial charge in [-0.05, 0) is 6.42 Å². The number of hydrogen-bond donors (Lipinski definition) is 4. The van der Waals surface area contributed by atoms with E-state index in [1.54, 1.807) is 0 Å². The summed E-state index contributed by atoms with van der Waals surface area (Å²) >= 11 is 1.02. The largest absolute Gasteiger partial charge is 0.476 e. The molecular weight excluding hydrogens is 286 g/mol. The summed E-state index contributed by atoms with van der Waals surface area (Å²) in [5.41, 5.74) is 4.77. The minimum Gasteiger partial charge on any atom is -0.476 e. The molecule has 0 saturated carbocycles. The molecule has 8 nitrogen and oxygen atoms in total. The van der Waals surface area contributed by atoms with Crippen LogP contribution in [0.25, 0.3) is 0 Å². The lowest BCUT2D eigenvalue weighted by Gasteiger charge is -2.17. The number of nitrogens with zero attached hydrogens (tertiary/aromatic N) is 2. The molecule has 0 fully saturated rings. The molecule has 2 unspecified atom stereocenters. The van der Waals surface area contributed by atoms with Gasteiger partial charge in [-0.1, -0.05) is 11.8 Å². The molecule has 0 aliphatic carbocycles. The summed E-state index contributed by atoms with van der Waals surface area (Å²) in [5, 5.41) is 28.4. The number of aliphatic hydroxyl groups excluding tert-OH is 2. The molecule has 1 aromatic rings. The highest BCUT2D eigenvalue weighted by molar-refractivity contribution is 8.13. The SMILES string of the molecule is CC(=O)SCCC(O)C(O)c1cnc(N)c(C(=O)O)n1. The molecule has 0 amide bonds. The van der Waals surface area contributed by atoms with Crippen molar-refractivity contribution in [3.05, 3.63) is 17.6 Å². The first-order valence-electron chi connectivity index (χ1n) is 5.68. The van der Waals surface area contributed by atoms with Crippen LogP contribution in [0.15, 0.2) is 6.20 Å². The Morgan fingerprint density at radius 3 is 2.65 bits per heavy atom. The smallest absolute Gasteiger partial charge is 0.358 e. The first-order chi connectivity index (χ1) is 9.32. The Kier molecular flexibility index (Phi) is 5.86. The number of carboxylic acid groups (broad SMARTS) is 1. The van der Waals surface area contributed by atoms with E-state index in [0.29, 0.717) is 5.75 Å². The molecule has 2 atom stereocenters. The van der Waals surface area contributed by atoms with E-state index in [1.807, 2.05) is 0 Å². The number of carbonyl (C=O) groups is 2. The lowest BCUT2D eigenvalue weighted by atomic mass is 10.1. The number of aromatic carboxylic acids is 1. The molecule has 5 N–H and O–H groups in total. The monoisotopic (exact) mass is 301 g/mol. The van der Waals surface area contributed by atoms with E-state index in [2.05, 4.69) is 9.97 Å². The molecule has 0 bridgehead atoms. The minimum absolute atomic E-state index is 0.0862. The summed E-state index contributed by atoms with van der Waals surface area (Å²) in [5.74, 6) is -1.30. The van der Waals surface area contributed by atoms with Crippen LogP contribution in [0.2, 0.25) is 0 Å². The van der Waals surface area contributed by atoms with Gasteiger partial charge in [0.15, 0.2) is 16.6 Å². The maximum atomic E-state index is 10.8. The fourth-order valence-corrected chi connectivity index (χ4v) is 2.04. The Morgan fingerprint density at radius 1 is 1.45 bits per heavy atom. The zero-order valence-corrected chi connectivity index (χ0v) is 11.5. The van der Waals surface area contributed by atoms with Gasteiger partial charge in [-0.15, -0.1) is 0 Å². The van der Waals surface area contributed by atoms with E-state index in [-0.39, 0.29) is 23.0 Å². The van der Waals surface area contributed by atoms with Crippen LogP contribution in [0.5, 0.6) is 0 Å². The van der Waals surface area contributed by atoms with Crippen LogP contribution in [-0.2, 0) is 4.79 Å². The number of hydrogen-bond acceptors (Lipinski definition) is 8. The number of nitrogens with two attached hydrogens (primary N) is 1. The molecule has 0 aliphatic rings. The zero-order valence-electron chi connectivity index (χ0n) is 10.7. The number of carboxylic acids is 1. The van der Waals surface area contributed by atoms with E-state index < -0.39 is 23.9 Å². The van der Waals surface area contributed by atoms with Gasteiger partial charge in [-0.2, -0.15) is 0 Å². The van der Waals surface area contributed by atoms with Gasteiger partial charge in [-0.3, -0.25) is 4.79 Å². The lowest BCUT2D eigenvalue weighted by Crippen LogP contribution is -2.22. The second kappa shape index (κ2) is 7.17. The first-order valence-corrected chi connectivity index (χ1v) is 6.66. The van der Waals surface area contributed by atoms with Crippen molar-refractivity contribution in [3.63, 3.8) is 0 Å². The molecule has 110 valence electrons. The summed E-state index contributed by atoms with van der Waals surface area (Å²) in [4.78, 5) is 28.9. The zero-order chi connectivity index (χ0) is 15.3. The fraction of sp³-hybridized carbons (Fsp3) is 0.455. The molecule has 9 heteroatoms. The van der Waals surface area contributed by atoms with Crippen LogP contribution < -0.4 is 5.73 Å². The normalized spacial score (nSPS) is 13.8. The average Bonchev–Trinajstić information content (AvgIpc) is 2.37. The summed E-state index contributed by atoms with van der Waals surface area (Å²) in [6.45, 7) is 1.40. The van der Waals surface area contributed by atoms with Crippen LogP contribution in [-0.4, -0.2) is 48.2 Å². The van der Waals surface area contributed by atoms with Crippen molar-refractivity contribution in [1.82, 2.24) is 9.97 Å². The van der Waals surface area contributed by atoms with Crippen LogP contribution in [0.3, 0.4) is 0 Å². The molecule has 0 radical (unpaired) electrons. The third kappa shape index (κ3) is 4.44. The van der Waals surface area contributed by atoms with Crippen molar-refractivity contribution in [2.45, 2.75) is 25.6 Å². The molecule has 0 aliphatic heterocycles. The van der Waals surface area contributed by atoms with Gasteiger partial charge in [-0.25, -0.2) is 14.8 Å². The minimum atomic E-state index is -1.39. The third-order valence-corrected chi connectivity index (χ3v) is 3.25. The van der Waals surface area contributed by atoms with Gasteiger partial charge in [0.05, 0.1) is 18.0 Å². The highest BCUT2D eigenvalue weighted by Crippen LogP contribution is 2.20. The Labute approximate surface area is 119 Å². The number of anilines is 1. The van der Waals surface area contributed by atoms with Crippen molar-refractivity contribution in [2.75, 3.05) is 11.5 Å². The van der Waals surface area contributed by atoms with Crippen LogP contribution in [0.1, 0.15) is 35.6 Å². The van der Waals surface area contributed by atoms with Crippen LogP contribution in [0.4, 0.5) is 5.82 Å². The summed E-state index contributed by atoms with van der Waals surface area (Å²) in [7, 11) is 0. The number of aromatic nitrogens is 2. The van der Waals surface area contributed by atoms with Gasteiger partial charge in [0.1, 0.15) is 6.10 Å². The van der Waals surface area contributed by atoms with E-state index in [0.717, 1.165) is 18.0 Å². The highest BCUT2D eigenvalue weighted by atomic mass is 32.2. The summed E-state index contributed by atoms with van der Waals surface area (Å²) in [6.07, 6.45) is -1.32. The van der Waals surface area contributed by atoms with E-state index in [1.165, 1.54) is 6.92 Å². The molecule has 0 spiro atoms. The predicted octanol–water partition coefficient (Wildman–Crippen LogP) is -0.179. The molecule has 0 saturated heterocycles. The molecular formula is C11H15N3O5S. The van der Waals surface area contributed by atoms with Crippen molar-refractivity contribution in [1.29, 1.82) is 0 Å². The molecule has 1 heterocycles. The molecule has 1 rings (SSSR count). The highest BCUT2D eigenvalue weighted by Gasteiger charge is 2.22. The second-order valence-corrected chi connectivity index (χ2v) is 5.25. The Morgan fingerprint density at radius 2 is 2.10 bits per heavy atom. The van der Waals surface area contributed by atoms with Crippen molar-refractivity contribution < 1.29 is 24.9 Å². The van der Waals surface area contributed by atoms with Crippen molar-refractivity contribution in [2.24, 2.45) is 0 Å². The van der Waals surface area contributed by atoms with Gasteiger partial charge in [0.25, 0.3) is 0 Å². The van der Waals surface area contributed by atoms with Crippen LogP contribution in [0, 0.1) is 0 Å². The Balaban J connectivity index is 2.76. The standard InChI is InChI=1S/C11H15N3O5S/c1-5(15)20-3-2-7(16)9(17)6-4-13-10(12)8(14-6)11(18)19/h4,7,9,16-17H,2-3H2,1H3,(H2,12,13)(H,18,19). The molecule has 0 aromatic carbocycles. The van der Waals surface area contributed by atoms with Crippen LogP contribution >= 0.6 is 11.8 Å². The van der Waals surface area contributed by atoms with E-state index in [9.17, 15) is 19.8 Å². The maximum Gasteiger partial charge on any atom is 0.358 e. The first kappa shape index (κ1) is 16.3. The average molecular weight is 301 g/mol. The predicted molar refractivity (Wildman–Crippen MR) is 72.1 cm³/mol. The topological polar surface area (TPSA) is 147 Å². The number of rotatable bonds is 6. The third-order valence-electron chi connectivity index (χ3n) is 2.41. The quantitative estimate of drug-likeness (QED) is 0.561. The van der Waals surface area contributed by atoms with Gasteiger partial charge in [0, 0.05) is 12.7 Å². The molecule has 1 aromatic heterocycles. The number of nitrogen functional groups attached to an aromatic ring is 1. The lowest BCUT2D eigenvalue weighted by molar-refractivity contribution is -0.109. The second-order valence-electron chi connectivity index (χ2n) is 3.97. The number of aliphatic hydroxyl groups is 2. The van der Waals surface area contributed by atoms with Crippen molar-refractivity contribution >= 4 is 28.7 Å². The Hall–Kier alpha value is -1.71. The van der Waals surface area contributed by atoms with Gasteiger partial charge >= 0.3 is 5.97 Å². The Bertz CT molecular complexity index is 511. The van der Waals surface area contributed by atoms with Crippen molar-refractivity contribution in [3.8, 4) is 0 Å². The number of thioether (sulfide) groups is 1. The van der Waals surface area contributed by atoms with E-state index >= 15 is 0 Å². The van der Waals surface area contributed by atoms with E-state index in [4.69, 9.17) is 10.8 Å². The van der Waals surface area contributed by atoms with Gasteiger partial charge in [0.2, 0.25) is 0 Å². The molecule has 20 heavy (non-hydrogen) atoms. The van der Waals surface area contributed by atoms with Gasteiger partial charge < -0.3 is 21.1 Å². The maximum absolute atomic E-state index is 10.8. The number of carbonyl (C=O) groups excluding carboxylic acids is 1. The summed E-state index contributed by atoms with van der Waals surface area (Å²) < 4.78 is 0. The summed E-state index contributed by atoms with van der Waals surface area (Å²) in [6, 6.07) is 0.